The molecular weight excluding hydrogens is 318 g/mol. The Balaban J connectivity index is 1.78. The average Bonchev–Trinajstić information content (AvgIpc) is 2.92. The summed E-state index contributed by atoms with van der Waals surface area (Å²) in [5, 5.41) is 0. The molecule has 25 heavy (non-hydrogen) atoms. The number of hydrogen-bond acceptors (Lipinski definition) is 5. The van der Waals surface area contributed by atoms with Crippen LogP contribution in [0.2, 0.25) is 0 Å². The van der Waals surface area contributed by atoms with Gasteiger partial charge in [0.1, 0.15) is 5.52 Å². The first-order valence-corrected chi connectivity index (χ1v) is 8.32. The number of rotatable bonds is 0. The molecule has 4 bridgehead atoms. The van der Waals surface area contributed by atoms with Gasteiger partial charge in [0.15, 0.2) is 11.5 Å². The summed E-state index contributed by atoms with van der Waals surface area (Å²) in [7, 11) is 0. The van der Waals surface area contributed by atoms with Gasteiger partial charge < -0.3 is 15.5 Å². The third kappa shape index (κ3) is 3.13. The minimum Gasteiger partial charge on any atom is -0.463 e. The lowest BCUT2D eigenvalue weighted by Gasteiger charge is -2.07. The number of benzene rings is 1. The van der Waals surface area contributed by atoms with Crippen molar-refractivity contribution < 1.29 is 4.74 Å². The Kier molecular flexibility index (Phi) is 3.97. The largest absolute Gasteiger partial charge is 0.463 e. The number of aryl methyl sites for hydroxylation is 2. The number of aromatic nitrogens is 4. The van der Waals surface area contributed by atoms with E-state index in [0.29, 0.717) is 24.3 Å². The molecule has 7 heteroatoms. The highest BCUT2D eigenvalue weighted by molar-refractivity contribution is 5.81. The third-order valence-electron chi connectivity index (χ3n) is 4.28. The van der Waals surface area contributed by atoms with Gasteiger partial charge in [-0.05, 0) is 30.4 Å². The number of allylic oxidation sites excluding steroid dienone is 1. The minimum atomic E-state index is -0.240. The van der Waals surface area contributed by atoms with E-state index in [0.717, 1.165) is 19.3 Å². The average molecular weight is 337 g/mol. The molecule has 0 unspecified atom stereocenters. The fourth-order valence-electron chi connectivity index (χ4n) is 3.01. The van der Waals surface area contributed by atoms with Gasteiger partial charge in [-0.3, -0.25) is 4.57 Å². The SMILES string of the molecule is Nc1nc2nc3c1[nH]c(=O)n3CCc1cccc(c1)C/C=C/CCO2. The van der Waals surface area contributed by atoms with Crippen molar-refractivity contribution in [1.29, 1.82) is 0 Å². The van der Waals surface area contributed by atoms with Crippen molar-refractivity contribution in [3.05, 3.63) is 58.0 Å². The van der Waals surface area contributed by atoms with Crippen LogP contribution in [-0.2, 0) is 19.4 Å². The lowest BCUT2D eigenvalue weighted by atomic mass is 10.1. The van der Waals surface area contributed by atoms with Crippen LogP contribution in [-0.4, -0.2) is 26.1 Å². The number of imidazole rings is 1. The highest BCUT2D eigenvalue weighted by Gasteiger charge is 2.14. The molecule has 3 heterocycles. The predicted octanol–water partition coefficient (Wildman–Crippen LogP) is 1.83. The van der Waals surface area contributed by atoms with Crippen molar-refractivity contribution in [3.8, 4) is 6.01 Å². The molecule has 0 atom stereocenters. The molecule has 3 aromatic rings. The Hall–Kier alpha value is -3.09. The molecule has 3 N–H and O–H groups in total. The van der Waals surface area contributed by atoms with Crippen LogP contribution < -0.4 is 16.2 Å². The van der Waals surface area contributed by atoms with Gasteiger partial charge in [-0.1, -0.05) is 36.4 Å². The molecule has 2 aromatic heterocycles. The van der Waals surface area contributed by atoms with Gasteiger partial charge in [0.05, 0.1) is 6.61 Å². The van der Waals surface area contributed by atoms with E-state index in [-0.39, 0.29) is 17.5 Å². The van der Waals surface area contributed by atoms with E-state index >= 15 is 0 Å². The van der Waals surface area contributed by atoms with Crippen LogP contribution in [0.15, 0.2) is 41.2 Å². The van der Waals surface area contributed by atoms with Crippen LogP contribution in [0.5, 0.6) is 6.01 Å². The first-order chi connectivity index (χ1) is 12.2. The zero-order valence-corrected chi connectivity index (χ0v) is 13.7. The molecule has 0 spiro atoms. The smallest absolute Gasteiger partial charge is 0.327 e. The number of H-pyrrole nitrogens is 1. The number of nitrogen functional groups attached to an aromatic ring is 1. The maximum Gasteiger partial charge on any atom is 0.327 e. The lowest BCUT2D eigenvalue weighted by molar-refractivity contribution is 0.300. The number of fused-ring (bicyclic) bond motifs is 3. The molecular formula is C18H19N5O2. The van der Waals surface area contributed by atoms with Crippen molar-refractivity contribution in [1.82, 2.24) is 19.5 Å². The number of anilines is 1. The second kappa shape index (κ2) is 6.43. The lowest BCUT2D eigenvalue weighted by Crippen LogP contribution is -2.18. The molecule has 0 aliphatic carbocycles. The van der Waals surface area contributed by atoms with Gasteiger partial charge in [0, 0.05) is 6.54 Å². The Morgan fingerprint density at radius 2 is 2.08 bits per heavy atom. The Bertz CT molecular complexity index is 1000. The number of nitrogens with two attached hydrogens (primary N) is 1. The maximum atomic E-state index is 12.3. The van der Waals surface area contributed by atoms with Crippen LogP contribution in [0.25, 0.3) is 11.2 Å². The van der Waals surface area contributed by atoms with Gasteiger partial charge in [0.2, 0.25) is 0 Å². The van der Waals surface area contributed by atoms with Crippen molar-refractivity contribution in [2.75, 3.05) is 12.3 Å². The highest BCUT2D eigenvalue weighted by atomic mass is 16.5. The predicted molar refractivity (Wildman–Crippen MR) is 95.7 cm³/mol. The normalized spacial score (nSPS) is 16.2. The van der Waals surface area contributed by atoms with Gasteiger partial charge in [0.25, 0.3) is 0 Å². The van der Waals surface area contributed by atoms with Crippen LogP contribution >= 0.6 is 0 Å². The third-order valence-corrected chi connectivity index (χ3v) is 4.28. The second-order valence-electron chi connectivity index (χ2n) is 6.05. The van der Waals surface area contributed by atoms with Gasteiger partial charge in [-0.15, -0.1) is 0 Å². The summed E-state index contributed by atoms with van der Waals surface area (Å²) in [6.45, 7) is 0.962. The van der Waals surface area contributed by atoms with E-state index in [2.05, 4.69) is 51.4 Å². The number of hydrogen-bond donors (Lipinski definition) is 2. The summed E-state index contributed by atoms with van der Waals surface area (Å²) in [4.78, 5) is 23.5. The van der Waals surface area contributed by atoms with E-state index in [4.69, 9.17) is 10.5 Å². The number of nitrogens with zero attached hydrogens (tertiary/aromatic N) is 3. The van der Waals surface area contributed by atoms with E-state index in [1.807, 2.05) is 0 Å². The van der Waals surface area contributed by atoms with Crippen molar-refractivity contribution in [3.63, 3.8) is 0 Å². The molecule has 0 fully saturated rings. The first-order valence-electron chi connectivity index (χ1n) is 8.32. The highest BCUT2D eigenvalue weighted by Crippen LogP contribution is 2.18. The van der Waals surface area contributed by atoms with Crippen molar-refractivity contribution >= 4 is 17.0 Å². The zero-order valence-electron chi connectivity index (χ0n) is 13.7. The molecule has 0 saturated heterocycles. The zero-order chi connectivity index (χ0) is 17.2. The number of nitrogens with one attached hydrogen (secondary N) is 1. The fourth-order valence-corrected chi connectivity index (χ4v) is 3.01. The molecule has 7 nitrogen and oxygen atoms in total. The monoisotopic (exact) mass is 337 g/mol. The molecule has 1 aliphatic heterocycles. The second-order valence-corrected chi connectivity index (χ2v) is 6.05. The summed E-state index contributed by atoms with van der Waals surface area (Å²) >= 11 is 0. The Morgan fingerprint density at radius 1 is 1.20 bits per heavy atom. The topological polar surface area (TPSA) is 98.8 Å². The molecule has 1 aliphatic rings. The van der Waals surface area contributed by atoms with E-state index in [9.17, 15) is 4.79 Å². The van der Waals surface area contributed by atoms with E-state index in [1.54, 1.807) is 4.57 Å². The minimum absolute atomic E-state index is 0.196. The molecule has 0 saturated carbocycles. The first kappa shape index (κ1) is 15.4. The number of aromatic amines is 1. The molecule has 0 radical (unpaired) electrons. The molecule has 0 amide bonds. The molecule has 128 valence electrons. The summed E-state index contributed by atoms with van der Waals surface area (Å²) < 4.78 is 7.19. The van der Waals surface area contributed by atoms with Crippen LogP contribution in [0.4, 0.5) is 5.82 Å². The number of ether oxygens (including phenoxy) is 1. The Morgan fingerprint density at radius 3 is 3.00 bits per heavy atom. The summed E-state index contributed by atoms with van der Waals surface area (Å²) in [5.74, 6) is 0.220. The fraction of sp³-hybridized carbons (Fsp3) is 0.278. The quantitative estimate of drug-likeness (QED) is 0.610. The van der Waals surface area contributed by atoms with Gasteiger partial charge in [-0.2, -0.15) is 9.97 Å². The Labute approximate surface area is 144 Å². The van der Waals surface area contributed by atoms with Gasteiger partial charge >= 0.3 is 11.7 Å². The summed E-state index contributed by atoms with van der Waals surface area (Å²) in [5.41, 5.74) is 9.08. The van der Waals surface area contributed by atoms with Gasteiger partial charge in [-0.25, -0.2) is 4.79 Å². The standard InChI is InChI=1S/C18H19N5O2/c19-15-14-16-22-17(21-15)25-10-3-1-2-5-12-6-4-7-13(11-12)8-9-23(16)18(24)20-14/h1-2,4,6-7,11H,3,5,8-10H2,(H,20,24)(H2,19,21,22)/b2-1+. The van der Waals surface area contributed by atoms with E-state index < -0.39 is 0 Å². The van der Waals surface area contributed by atoms with E-state index in [1.165, 1.54) is 11.1 Å². The van der Waals surface area contributed by atoms with Crippen molar-refractivity contribution in [2.45, 2.75) is 25.8 Å². The van der Waals surface area contributed by atoms with Crippen molar-refractivity contribution in [2.24, 2.45) is 0 Å². The van der Waals surface area contributed by atoms with Crippen LogP contribution in [0.3, 0.4) is 0 Å². The van der Waals surface area contributed by atoms with Crippen LogP contribution in [0.1, 0.15) is 17.5 Å². The molecule has 4 rings (SSSR count). The summed E-state index contributed by atoms with van der Waals surface area (Å²) in [6.07, 6.45) is 6.57. The van der Waals surface area contributed by atoms with Crippen LogP contribution in [0, 0.1) is 0 Å². The summed E-state index contributed by atoms with van der Waals surface area (Å²) in [6, 6.07) is 8.61. The molecule has 1 aromatic carbocycles. The maximum absolute atomic E-state index is 12.3.